The first-order valence-electron chi connectivity index (χ1n) is 5.50. The average molecular weight is 167 g/mol. The molecule has 0 aliphatic heterocycles. The molecule has 2 fully saturated rings. The van der Waals surface area contributed by atoms with E-state index >= 15 is 0 Å². The van der Waals surface area contributed by atoms with Crippen molar-refractivity contribution in [2.24, 2.45) is 17.6 Å². The van der Waals surface area contributed by atoms with Crippen molar-refractivity contribution in [3.63, 3.8) is 0 Å². The molecule has 12 heavy (non-hydrogen) atoms. The summed E-state index contributed by atoms with van der Waals surface area (Å²) in [6.07, 6.45) is 9.85. The van der Waals surface area contributed by atoms with Crippen LogP contribution in [0.1, 0.15) is 51.9 Å². The van der Waals surface area contributed by atoms with Crippen molar-refractivity contribution >= 4 is 0 Å². The van der Waals surface area contributed by atoms with Gasteiger partial charge in [-0.15, -0.1) is 0 Å². The van der Waals surface area contributed by atoms with Gasteiger partial charge in [-0.25, -0.2) is 0 Å². The lowest BCUT2D eigenvalue weighted by atomic mass is 9.74. The SMILES string of the molecule is CC(N)(C1CCCCC1)C1CC1. The first-order valence-corrected chi connectivity index (χ1v) is 5.50. The van der Waals surface area contributed by atoms with Crippen LogP contribution in [-0.2, 0) is 0 Å². The molecule has 0 radical (unpaired) electrons. The molecular formula is C11H21N. The molecule has 2 aliphatic rings. The molecule has 2 N–H and O–H groups in total. The van der Waals surface area contributed by atoms with Crippen LogP contribution in [0.4, 0.5) is 0 Å². The Morgan fingerprint density at radius 3 is 1.92 bits per heavy atom. The Balaban J connectivity index is 1.95. The maximum Gasteiger partial charge on any atom is 0.0182 e. The fourth-order valence-corrected chi connectivity index (χ4v) is 2.76. The molecule has 0 aromatic rings. The molecule has 0 spiro atoms. The third-order valence-corrected chi connectivity index (χ3v) is 3.94. The lowest BCUT2D eigenvalue weighted by Gasteiger charge is -2.37. The molecule has 2 aliphatic carbocycles. The minimum atomic E-state index is 0.181. The topological polar surface area (TPSA) is 26.0 Å². The van der Waals surface area contributed by atoms with Gasteiger partial charge in [-0.05, 0) is 44.4 Å². The van der Waals surface area contributed by atoms with E-state index in [0.717, 1.165) is 11.8 Å². The van der Waals surface area contributed by atoms with Crippen LogP contribution < -0.4 is 5.73 Å². The van der Waals surface area contributed by atoms with Crippen LogP contribution in [-0.4, -0.2) is 5.54 Å². The van der Waals surface area contributed by atoms with Crippen molar-refractivity contribution in [1.82, 2.24) is 0 Å². The van der Waals surface area contributed by atoms with Crippen LogP contribution in [0.15, 0.2) is 0 Å². The predicted molar refractivity (Wildman–Crippen MR) is 51.9 cm³/mol. The molecule has 0 amide bonds. The van der Waals surface area contributed by atoms with Crippen molar-refractivity contribution in [1.29, 1.82) is 0 Å². The van der Waals surface area contributed by atoms with E-state index in [0.29, 0.717) is 0 Å². The quantitative estimate of drug-likeness (QED) is 0.672. The molecule has 0 aromatic heterocycles. The summed E-state index contributed by atoms with van der Waals surface area (Å²) in [4.78, 5) is 0. The van der Waals surface area contributed by atoms with Crippen molar-refractivity contribution in [2.75, 3.05) is 0 Å². The third kappa shape index (κ3) is 1.52. The van der Waals surface area contributed by atoms with Gasteiger partial charge < -0.3 is 5.73 Å². The zero-order valence-corrected chi connectivity index (χ0v) is 8.18. The molecule has 0 saturated heterocycles. The predicted octanol–water partition coefficient (Wildman–Crippen LogP) is 2.69. The fraction of sp³-hybridized carbons (Fsp3) is 1.00. The molecule has 1 atom stereocenters. The van der Waals surface area contributed by atoms with Gasteiger partial charge in [-0.3, -0.25) is 0 Å². The van der Waals surface area contributed by atoms with Gasteiger partial charge in [0.2, 0.25) is 0 Å². The number of hydrogen-bond donors (Lipinski definition) is 1. The van der Waals surface area contributed by atoms with Crippen molar-refractivity contribution in [3.05, 3.63) is 0 Å². The highest BCUT2D eigenvalue weighted by Gasteiger charge is 2.43. The second-order valence-corrected chi connectivity index (χ2v) is 4.98. The number of nitrogens with two attached hydrogens (primary N) is 1. The van der Waals surface area contributed by atoms with E-state index in [2.05, 4.69) is 6.92 Å². The van der Waals surface area contributed by atoms with Crippen LogP contribution in [0, 0.1) is 11.8 Å². The molecule has 1 unspecified atom stereocenters. The van der Waals surface area contributed by atoms with E-state index in [4.69, 9.17) is 5.73 Å². The summed E-state index contributed by atoms with van der Waals surface area (Å²) in [6, 6.07) is 0. The Hall–Kier alpha value is -0.0400. The number of rotatable bonds is 2. The summed E-state index contributed by atoms with van der Waals surface area (Å²) in [6.45, 7) is 2.29. The van der Waals surface area contributed by atoms with Gasteiger partial charge in [-0.2, -0.15) is 0 Å². The third-order valence-electron chi connectivity index (χ3n) is 3.94. The summed E-state index contributed by atoms with van der Waals surface area (Å²) >= 11 is 0. The first-order chi connectivity index (χ1) is 5.71. The second kappa shape index (κ2) is 3.02. The summed E-state index contributed by atoms with van der Waals surface area (Å²) in [5.41, 5.74) is 6.58. The van der Waals surface area contributed by atoms with Crippen LogP contribution >= 0.6 is 0 Å². The van der Waals surface area contributed by atoms with E-state index < -0.39 is 0 Å². The molecule has 0 aromatic carbocycles. The Bertz CT molecular complexity index is 152. The second-order valence-electron chi connectivity index (χ2n) is 4.98. The molecule has 70 valence electrons. The Kier molecular flexibility index (Phi) is 2.16. The Morgan fingerprint density at radius 2 is 1.42 bits per heavy atom. The molecule has 2 saturated carbocycles. The highest BCUT2D eigenvalue weighted by atomic mass is 14.8. The van der Waals surface area contributed by atoms with Crippen LogP contribution in [0.25, 0.3) is 0 Å². The lowest BCUT2D eigenvalue weighted by Crippen LogP contribution is -2.47. The summed E-state index contributed by atoms with van der Waals surface area (Å²) in [5, 5.41) is 0. The standard InChI is InChI=1S/C11H21N/c1-11(12,10-7-8-10)9-5-3-2-4-6-9/h9-10H,2-8,12H2,1H3. The smallest absolute Gasteiger partial charge is 0.0182 e. The summed E-state index contributed by atoms with van der Waals surface area (Å²) in [7, 11) is 0. The number of hydrogen-bond acceptors (Lipinski definition) is 1. The zero-order valence-electron chi connectivity index (χ0n) is 8.18. The molecule has 0 heterocycles. The van der Waals surface area contributed by atoms with E-state index in [-0.39, 0.29) is 5.54 Å². The van der Waals surface area contributed by atoms with E-state index in [1.54, 1.807) is 0 Å². The van der Waals surface area contributed by atoms with Crippen molar-refractivity contribution in [3.8, 4) is 0 Å². The molecule has 1 nitrogen and oxygen atoms in total. The average Bonchev–Trinajstić information content (AvgIpc) is 2.88. The highest BCUT2D eigenvalue weighted by Crippen LogP contribution is 2.45. The lowest BCUT2D eigenvalue weighted by molar-refractivity contribution is 0.198. The molecule has 1 heteroatoms. The Labute approximate surface area is 75.7 Å². The van der Waals surface area contributed by atoms with Gasteiger partial charge in [0, 0.05) is 5.54 Å². The van der Waals surface area contributed by atoms with Gasteiger partial charge >= 0.3 is 0 Å². The Morgan fingerprint density at radius 1 is 0.917 bits per heavy atom. The minimum Gasteiger partial charge on any atom is -0.325 e. The van der Waals surface area contributed by atoms with Gasteiger partial charge in [0.15, 0.2) is 0 Å². The van der Waals surface area contributed by atoms with Crippen LogP contribution in [0.3, 0.4) is 0 Å². The van der Waals surface area contributed by atoms with Gasteiger partial charge in [0.05, 0.1) is 0 Å². The van der Waals surface area contributed by atoms with Crippen molar-refractivity contribution in [2.45, 2.75) is 57.4 Å². The fourth-order valence-electron chi connectivity index (χ4n) is 2.76. The normalized spacial score (nSPS) is 31.5. The van der Waals surface area contributed by atoms with E-state index in [1.807, 2.05) is 0 Å². The largest absolute Gasteiger partial charge is 0.325 e. The van der Waals surface area contributed by atoms with E-state index in [1.165, 1.54) is 44.9 Å². The van der Waals surface area contributed by atoms with Gasteiger partial charge in [-0.1, -0.05) is 19.3 Å². The van der Waals surface area contributed by atoms with Crippen LogP contribution in [0.5, 0.6) is 0 Å². The molecule has 0 bridgehead atoms. The maximum absolute atomic E-state index is 6.40. The van der Waals surface area contributed by atoms with Gasteiger partial charge in [0.1, 0.15) is 0 Å². The molecular weight excluding hydrogens is 146 g/mol. The minimum absolute atomic E-state index is 0.181. The maximum atomic E-state index is 6.40. The first kappa shape index (κ1) is 8.55. The zero-order chi connectivity index (χ0) is 8.60. The molecule has 2 rings (SSSR count). The highest BCUT2D eigenvalue weighted by molar-refractivity contribution is 5.00. The van der Waals surface area contributed by atoms with E-state index in [9.17, 15) is 0 Å². The summed E-state index contributed by atoms with van der Waals surface area (Å²) < 4.78 is 0. The van der Waals surface area contributed by atoms with Crippen LogP contribution in [0.2, 0.25) is 0 Å². The monoisotopic (exact) mass is 167 g/mol. The summed E-state index contributed by atoms with van der Waals surface area (Å²) in [5.74, 6) is 1.69. The van der Waals surface area contributed by atoms with Crippen molar-refractivity contribution < 1.29 is 0 Å². The van der Waals surface area contributed by atoms with Gasteiger partial charge in [0.25, 0.3) is 0 Å².